The molecular weight excluding hydrogens is 261 g/mol. The number of methoxy groups -OCH3 is 1. The van der Waals surface area contributed by atoms with Crippen molar-refractivity contribution < 1.29 is 18.7 Å². The monoisotopic (exact) mass is 277 g/mol. The first-order chi connectivity index (χ1) is 9.51. The molecule has 5 heteroatoms. The highest BCUT2D eigenvalue weighted by Crippen LogP contribution is 2.24. The van der Waals surface area contributed by atoms with E-state index < -0.39 is 11.7 Å². The van der Waals surface area contributed by atoms with Gasteiger partial charge in [0.15, 0.2) is 5.78 Å². The van der Waals surface area contributed by atoms with E-state index in [-0.39, 0.29) is 23.7 Å². The molecule has 0 unspecified atom stereocenters. The van der Waals surface area contributed by atoms with Crippen LogP contribution in [-0.2, 0) is 4.79 Å². The average Bonchev–Trinajstić information content (AvgIpc) is 2.41. The van der Waals surface area contributed by atoms with Crippen molar-refractivity contribution in [3.8, 4) is 5.75 Å². The van der Waals surface area contributed by atoms with Gasteiger partial charge in [0.25, 0.3) is 0 Å². The van der Waals surface area contributed by atoms with Gasteiger partial charge in [-0.1, -0.05) is 6.58 Å². The lowest BCUT2D eigenvalue weighted by molar-refractivity contribution is -0.125. The Balaban J connectivity index is 2.08. The number of halogens is 1. The molecule has 20 heavy (non-hydrogen) atoms. The zero-order chi connectivity index (χ0) is 14.7. The number of piperidine rings is 1. The smallest absolute Gasteiger partial charge is 0.227 e. The van der Waals surface area contributed by atoms with Gasteiger partial charge in [0.05, 0.1) is 12.7 Å². The summed E-state index contributed by atoms with van der Waals surface area (Å²) in [5, 5.41) is 2.62. The molecule has 1 aliphatic heterocycles. The Labute approximate surface area is 116 Å². The average molecular weight is 277 g/mol. The summed E-state index contributed by atoms with van der Waals surface area (Å²) in [6, 6.07) is 4.07. The van der Waals surface area contributed by atoms with Gasteiger partial charge in [0.1, 0.15) is 11.6 Å². The lowest BCUT2D eigenvalue weighted by atomic mass is 9.90. The number of benzene rings is 1. The standard InChI is InChI=1S/C15H16FNO3/c1-9-3-4-10(15(19)17-9)7-14(18)12-6-5-11(20-2)8-13(12)16/h5-6,8,10H,1,3-4,7H2,2H3,(H,17,19)/t10-/m1/s1. The van der Waals surface area contributed by atoms with Gasteiger partial charge in [-0.15, -0.1) is 0 Å². The number of allylic oxidation sites excluding steroid dienone is 1. The molecule has 1 amide bonds. The number of hydrogen-bond donors (Lipinski definition) is 1. The van der Waals surface area contributed by atoms with E-state index in [4.69, 9.17) is 4.74 Å². The van der Waals surface area contributed by atoms with Crippen LogP contribution >= 0.6 is 0 Å². The molecule has 0 bridgehead atoms. The topological polar surface area (TPSA) is 55.4 Å². The molecule has 1 N–H and O–H groups in total. The van der Waals surface area contributed by atoms with Crippen LogP contribution in [0.15, 0.2) is 30.5 Å². The van der Waals surface area contributed by atoms with Crippen LogP contribution in [-0.4, -0.2) is 18.8 Å². The van der Waals surface area contributed by atoms with Gasteiger partial charge in [0.2, 0.25) is 5.91 Å². The third-order valence-corrected chi connectivity index (χ3v) is 3.37. The fourth-order valence-electron chi connectivity index (χ4n) is 2.20. The van der Waals surface area contributed by atoms with Gasteiger partial charge in [-0.3, -0.25) is 9.59 Å². The van der Waals surface area contributed by atoms with E-state index in [0.29, 0.717) is 24.3 Å². The number of carbonyl (C=O) groups is 2. The van der Waals surface area contributed by atoms with Crippen LogP contribution < -0.4 is 10.1 Å². The number of nitrogens with one attached hydrogen (secondary N) is 1. The van der Waals surface area contributed by atoms with Crippen molar-refractivity contribution in [1.29, 1.82) is 0 Å². The number of ether oxygens (including phenoxy) is 1. The molecule has 0 saturated carbocycles. The molecule has 4 nitrogen and oxygen atoms in total. The van der Waals surface area contributed by atoms with E-state index >= 15 is 0 Å². The van der Waals surface area contributed by atoms with Crippen LogP contribution in [0.4, 0.5) is 4.39 Å². The Morgan fingerprint density at radius 2 is 2.30 bits per heavy atom. The molecule has 1 fully saturated rings. The first-order valence-electron chi connectivity index (χ1n) is 6.36. The number of carbonyl (C=O) groups excluding carboxylic acids is 2. The summed E-state index contributed by atoms with van der Waals surface area (Å²) in [5.74, 6) is -1.29. The molecule has 0 aromatic heterocycles. The predicted octanol–water partition coefficient (Wildman–Crippen LogP) is 2.45. The Morgan fingerprint density at radius 3 is 2.90 bits per heavy atom. The van der Waals surface area contributed by atoms with Gasteiger partial charge >= 0.3 is 0 Å². The molecule has 1 heterocycles. The lowest BCUT2D eigenvalue weighted by Gasteiger charge is -2.22. The Bertz CT molecular complexity index is 568. The van der Waals surface area contributed by atoms with Crippen molar-refractivity contribution >= 4 is 11.7 Å². The predicted molar refractivity (Wildman–Crippen MR) is 71.9 cm³/mol. The van der Waals surface area contributed by atoms with Gasteiger partial charge < -0.3 is 10.1 Å². The van der Waals surface area contributed by atoms with E-state index in [1.165, 1.54) is 19.2 Å². The van der Waals surface area contributed by atoms with Crippen molar-refractivity contribution in [1.82, 2.24) is 5.32 Å². The molecule has 1 aliphatic rings. The normalized spacial score (nSPS) is 18.6. The van der Waals surface area contributed by atoms with E-state index in [0.717, 1.165) is 6.07 Å². The molecule has 0 aliphatic carbocycles. The largest absolute Gasteiger partial charge is 0.497 e. The third-order valence-electron chi connectivity index (χ3n) is 3.37. The van der Waals surface area contributed by atoms with Crippen LogP contribution in [0.3, 0.4) is 0 Å². The molecule has 1 atom stereocenters. The molecular formula is C15H16FNO3. The molecule has 106 valence electrons. The second kappa shape index (κ2) is 5.86. The fraction of sp³-hybridized carbons (Fsp3) is 0.333. The van der Waals surface area contributed by atoms with E-state index in [1.54, 1.807) is 0 Å². The molecule has 0 radical (unpaired) electrons. The highest BCUT2D eigenvalue weighted by molar-refractivity contribution is 5.99. The molecule has 2 rings (SSSR count). The Morgan fingerprint density at radius 1 is 1.55 bits per heavy atom. The van der Waals surface area contributed by atoms with Gasteiger partial charge in [-0.2, -0.15) is 0 Å². The van der Waals surface area contributed by atoms with Crippen molar-refractivity contribution in [2.75, 3.05) is 7.11 Å². The second-order valence-corrected chi connectivity index (χ2v) is 4.80. The minimum absolute atomic E-state index is 0.00234. The quantitative estimate of drug-likeness (QED) is 0.860. The van der Waals surface area contributed by atoms with Crippen molar-refractivity contribution in [3.63, 3.8) is 0 Å². The number of hydrogen-bond acceptors (Lipinski definition) is 3. The van der Waals surface area contributed by atoms with Gasteiger partial charge in [0, 0.05) is 24.1 Å². The summed E-state index contributed by atoms with van der Waals surface area (Å²) in [6.07, 6.45) is 1.21. The Kier molecular flexibility index (Phi) is 4.17. The van der Waals surface area contributed by atoms with Crippen molar-refractivity contribution in [2.24, 2.45) is 5.92 Å². The summed E-state index contributed by atoms with van der Waals surface area (Å²) in [7, 11) is 1.43. The first-order valence-corrected chi connectivity index (χ1v) is 6.36. The van der Waals surface area contributed by atoms with Crippen LogP contribution in [0.2, 0.25) is 0 Å². The number of Topliss-reactive ketones (excluding diaryl/α,β-unsaturated/α-hetero) is 1. The molecule has 1 saturated heterocycles. The maximum absolute atomic E-state index is 13.8. The summed E-state index contributed by atoms with van der Waals surface area (Å²) < 4.78 is 18.7. The van der Waals surface area contributed by atoms with Crippen LogP contribution in [0.1, 0.15) is 29.6 Å². The maximum Gasteiger partial charge on any atom is 0.227 e. The van der Waals surface area contributed by atoms with Crippen LogP contribution in [0, 0.1) is 11.7 Å². The molecule has 0 spiro atoms. The summed E-state index contributed by atoms with van der Waals surface area (Å²) >= 11 is 0. The minimum Gasteiger partial charge on any atom is -0.497 e. The Hall–Kier alpha value is -2.17. The van der Waals surface area contributed by atoms with Gasteiger partial charge in [-0.25, -0.2) is 4.39 Å². The van der Waals surface area contributed by atoms with E-state index in [2.05, 4.69) is 11.9 Å². The van der Waals surface area contributed by atoms with Crippen molar-refractivity contribution in [2.45, 2.75) is 19.3 Å². The van der Waals surface area contributed by atoms with Gasteiger partial charge in [-0.05, 0) is 25.0 Å². The van der Waals surface area contributed by atoms with Crippen LogP contribution in [0.25, 0.3) is 0 Å². The fourth-order valence-corrected chi connectivity index (χ4v) is 2.20. The number of rotatable bonds is 4. The summed E-state index contributed by atoms with van der Waals surface area (Å²) in [4.78, 5) is 23.8. The highest BCUT2D eigenvalue weighted by Gasteiger charge is 2.27. The first kappa shape index (κ1) is 14.2. The second-order valence-electron chi connectivity index (χ2n) is 4.80. The lowest BCUT2D eigenvalue weighted by Crippen LogP contribution is -2.35. The number of amides is 1. The zero-order valence-corrected chi connectivity index (χ0v) is 11.2. The van der Waals surface area contributed by atoms with E-state index in [9.17, 15) is 14.0 Å². The van der Waals surface area contributed by atoms with E-state index in [1.807, 2.05) is 0 Å². The third kappa shape index (κ3) is 3.04. The zero-order valence-electron chi connectivity index (χ0n) is 11.2. The molecule has 1 aromatic carbocycles. The minimum atomic E-state index is -0.630. The van der Waals surface area contributed by atoms with Crippen molar-refractivity contribution in [3.05, 3.63) is 41.9 Å². The maximum atomic E-state index is 13.8. The number of ketones is 1. The highest BCUT2D eigenvalue weighted by atomic mass is 19.1. The van der Waals surface area contributed by atoms with Crippen LogP contribution in [0.5, 0.6) is 5.75 Å². The molecule has 1 aromatic rings. The SMILES string of the molecule is C=C1CC[C@H](CC(=O)c2ccc(OC)cc2F)C(=O)N1. The summed E-state index contributed by atoms with van der Waals surface area (Å²) in [6.45, 7) is 3.68. The summed E-state index contributed by atoms with van der Waals surface area (Å²) in [5.41, 5.74) is 0.650.